The summed E-state index contributed by atoms with van der Waals surface area (Å²) < 4.78 is 5.39. The molecule has 0 radical (unpaired) electrons. The first-order valence-corrected chi connectivity index (χ1v) is 4.79. The van der Waals surface area contributed by atoms with E-state index >= 15 is 0 Å². The van der Waals surface area contributed by atoms with Crippen molar-refractivity contribution < 1.29 is 4.74 Å². The predicted molar refractivity (Wildman–Crippen MR) is 59.3 cm³/mol. The first-order chi connectivity index (χ1) is 6.74. The molecule has 0 fully saturated rings. The zero-order valence-electron chi connectivity index (χ0n) is 8.00. The molecule has 0 bridgehead atoms. The van der Waals surface area contributed by atoms with Gasteiger partial charge in [-0.3, -0.25) is 0 Å². The van der Waals surface area contributed by atoms with Crippen molar-refractivity contribution in [2.75, 3.05) is 13.2 Å². The van der Waals surface area contributed by atoms with Crippen LogP contribution in [0.4, 0.5) is 0 Å². The average molecular weight is 212 g/mol. The fourth-order valence-corrected chi connectivity index (χ4v) is 1.17. The molecule has 0 aliphatic rings. The van der Waals surface area contributed by atoms with Crippen LogP contribution >= 0.6 is 11.6 Å². The van der Waals surface area contributed by atoms with Gasteiger partial charge >= 0.3 is 0 Å². The van der Waals surface area contributed by atoms with Crippen molar-refractivity contribution in [3.05, 3.63) is 47.0 Å². The fraction of sp³-hybridized carbons (Fsp3) is 0.273. The van der Waals surface area contributed by atoms with Gasteiger partial charge in [-0.05, 0) is 17.2 Å². The maximum Gasteiger partial charge on any atom is 0.0735 e. The Morgan fingerprint density at radius 1 is 1.43 bits per heavy atom. The van der Waals surface area contributed by atoms with Crippen LogP contribution in [-0.2, 0) is 11.3 Å². The largest absolute Gasteiger partial charge is 0.372 e. The van der Waals surface area contributed by atoms with E-state index < -0.39 is 0 Å². The van der Waals surface area contributed by atoms with Gasteiger partial charge in [0.1, 0.15) is 0 Å². The Hall–Kier alpha value is -0.830. The highest BCUT2D eigenvalue weighted by molar-refractivity contribution is 6.31. The van der Waals surface area contributed by atoms with Gasteiger partial charge in [0.2, 0.25) is 0 Å². The van der Waals surface area contributed by atoms with Gasteiger partial charge in [-0.2, -0.15) is 0 Å². The van der Waals surface area contributed by atoms with E-state index in [2.05, 4.69) is 6.58 Å². The van der Waals surface area contributed by atoms with Crippen molar-refractivity contribution in [3.63, 3.8) is 0 Å². The third kappa shape index (κ3) is 3.50. The lowest BCUT2D eigenvalue weighted by Gasteiger charge is -2.06. The van der Waals surface area contributed by atoms with E-state index in [4.69, 9.17) is 22.1 Å². The average Bonchev–Trinajstić information content (AvgIpc) is 2.20. The highest BCUT2D eigenvalue weighted by atomic mass is 35.5. The minimum Gasteiger partial charge on any atom is -0.372 e. The molecule has 2 nitrogen and oxygen atoms in total. The summed E-state index contributed by atoms with van der Waals surface area (Å²) in [6.07, 6.45) is 0. The number of hydrogen-bond donors (Lipinski definition) is 1. The number of nitrogens with two attached hydrogens (primary N) is 1. The van der Waals surface area contributed by atoms with Crippen LogP contribution in [0.2, 0.25) is 5.02 Å². The van der Waals surface area contributed by atoms with Gasteiger partial charge in [0.05, 0.1) is 13.2 Å². The Balaban J connectivity index is 2.39. The maximum absolute atomic E-state index is 5.95. The van der Waals surface area contributed by atoms with Gasteiger partial charge < -0.3 is 10.5 Å². The molecule has 0 aliphatic heterocycles. The van der Waals surface area contributed by atoms with Crippen molar-refractivity contribution >= 4 is 11.6 Å². The van der Waals surface area contributed by atoms with E-state index in [0.29, 0.717) is 19.8 Å². The number of halogens is 1. The summed E-state index contributed by atoms with van der Waals surface area (Å²) in [5.74, 6) is 0. The SMILES string of the molecule is C=C(CN)COCc1ccccc1Cl. The third-order valence-corrected chi connectivity index (χ3v) is 2.18. The molecule has 76 valence electrons. The topological polar surface area (TPSA) is 35.2 Å². The summed E-state index contributed by atoms with van der Waals surface area (Å²) in [6.45, 7) is 5.19. The minimum absolute atomic E-state index is 0.461. The van der Waals surface area contributed by atoms with E-state index in [1.54, 1.807) is 0 Å². The lowest BCUT2D eigenvalue weighted by molar-refractivity contribution is 0.142. The number of ether oxygens (including phenoxy) is 1. The molecule has 0 atom stereocenters. The Bertz CT molecular complexity index is 312. The first kappa shape index (κ1) is 11.2. The summed E-state index contributed by atoms with van der Waals surface area (Å²) in [5, 5.41) is 0.728. The van der Waals surface area contributed by atoms with Gasteiger partial charge in [0.25, 0.3) is 0 Å². The van der Waals surface area contributed by atoms with Crippen molar-refractivity contribution in [1.29, 1.82) is 0 Å². The summed E-state index contributed by atoms with van der Waals surface area (Å²) >= 11 is 5.95. The molecule has 3 heteroatoms. The lowest BCUT2D eigenvalue weighted by atomic mass is 10.2. The van der Waals surface area contributed by atoms with Crippen molar-refractivity contribution in [2.45, 2.75) is 6.61 Å². The molecule has 0 amide bonds. The van der Waals surface area contributed by atoms with Crippen LogP contribution in [0.25, 0.3) is 0 Å². The van der Waals surface area contributed by atoms with Gasteiger partial charge in [-0.25, -0.2) is 0 Å². The molecule has 0 unspecified atom stereocenters. The molecule has 14 heavy (non-hydrogen) atoms. The maximum atomic E-state index is 5.95. The van der Waals surface area contributed by atoms with Crippen LogP contribution in [0, 0.1) is 0 Å². The quantitative estimate of drug-likeness (QED) is 0.759. The second kappa shape index (κ2) is 5.81. The van der Waals surface area contributed by atoms with E-state index in [1.165, 1.54) is 0 Å². The summed E-state index contributed by atoms with van der Waals surface area (Å²) in [6, 6.07) is 7.61. The second-order valence-electron chi connectivity index (χ2n) is 3.04. The van der Waals surface area contributed by atoms with Crippen LogP contribution in [0.1, 0.15) is 5.56 Å². The Morgan fingerprint density at radius 3 is 2.79 bits per heavy atom. The molecule has 0 spiro atoms. The number of benzene rings is 1. The van der Waals surface area contributed by atoms with Gasteiger partial charge in [-0.1, -0.05) is 36.4 Å². The molecule has 2 N–H and O–H groups in total. The molecular formula is C11H14ClNO. The fourth-order valence-electron chi connectivity index (χ4n) is 0.980. The molecule has 0 heterocycles. The first-order valence-electron chi connectivity index (χ1n) is 4.42. The summed E-state index contributed by atoms with van der Waals surface area (Å²) in [4.78, 5) is 0. The van der Waals surface area contributed by atoms with Crippen LogP contribution in [-0.4, -0.2) is 13.2 Å². The van der Waals surface area contributed by atoms with Gasteiger partial charge in [0.15, 0.2) is 0 Å². The minimum atomic E-state index is 0.461. The number of hydrogen-bond acceptors (Lipinski definition) is 2. The molecule has 1 rings (SSSR count). The Morgan fingerprint density at radius 2 is 2.14 bits per heavy atom. The van der Waals surface area contributed by atoms with Crippen molar-refractivity contribution in [1.82, 2.24) is 0 Å². The smallest absolute Gasteiger partial charge is 0.0735 e. The third-order valence-electron chi connectivity index (χ3n) is 1.81. The standard InChI is InChI=1S/C11H14ClNO/c1-9(6-13)7-14-8-10-4-2-3-5-11(10)12/h2-5H,1,6-8,13H2. The number of rotatable bonds is 5. The second-order valence-corrected chi connectivity index (χ2v) is 3.45. The molecule has 1 aromatic carbocycles. The molecular weight excluding hydrogens is 198 g/mol. The summed E-state index contributed by atoms with van der Waals surface area (Å²) in [7, 11) is 0. The molecule has 0 saturated carbocycles. The van der Waals surface area contributed by atoms with Crippen molar-refractivity contribution in [3.8, 4) is 0 Å². The van der Waals surface area contributed by atoms with Crippen molar-refractivity contribution in [2.24, 2.45) is 5.73 Å². The molecule has 0 aliphatic carbocycles. The van der Waals surface area contributed by atoms with E-state index in [-0.39, 0.29) is 0 Å². The van der Waals surface area contributed by atoms with Crippen LogP contribution in [0.5, 0.6) is 0 Å². The zero-order chi connectivity index (χ0) is 10.4. The normalized spacial score (nSPS) is 10.1. The van der Waals surface area contributed by atoms with Crippen LogP contribution < -0.4 is 5.73 Å². The molecule has 0 aromatic heterocycles. The van der Waals surface area contributed by atoms with E-state index in [0.717, 1.165) is 16.2 Å². The zero-order valence-corrected chi connectivity index (χ0v) is 8.76. The predicted octanol–water partition coefficient (Wildman–Crippen LogP) is 2.37. The van der Waals surface area contributed by atoms with Crippen LogP contribution in [0.3, 0.4) is 0 Å². The molecule has 0 saturated heterocycles. The van der Waals surface area contributed by atoms with E-state index in [9.17, 15) is 0 Å². The van der Waals surface area contributed by atoms with E-state index in [1.807, 2.05) is 24.3 Å². The monoisotopic (exact) mass is 211 g/mol. The van der Waals surface area contributed by atoms with Crippen LogP contribution in [0.15, 0.2) is 36.4 Å². The highest BCUT2D eigenvalue weighted by Crippen LogP contribution is 2.15. The lowest BCUT2D eigenvalue weighted by Crippen LogP contribution is -2.08. The Labute approximate surface area is 89.3 Å². The summed E-state index contributed by atoms with van der Waals surface area (Å²) in [5.41, 5.74) is 7.25. The Kier molecular flexibility index (Phi) is 4.66. The van der Waals surface area contributed by atoms with Gasteiger partial charge in [0, 0.05) is 11.6 Å². The van der Waals surface area contributed by atoms with Gasteiger partial charge in [-0.15, -0.1) is 0 Å². The highest BCUT2D eigenvalue weighted by Gasteiger charge is 1.98. The molecule has 1 aromatic rings.